The largest absolute Gasteiger partial charge is 0.496 e. The van der Waals surface area contributed by atoms with Crippen LogP contribution in [0.3, 0.4) is 0 Å². The fourth-order valence-electron chi connectivity index (χ4n) is 4.49. The van der Waals surface area contributed by atoms with E-state index in [2.05, 4.69) is 21.4 Å². The Kier molecular flexibility index (Phi) is 6.66. The maximum absolute atomic E-state index is 13.4. The Morgan fingerprint density at radius 2 is 1.83 bits per heavy atom. The van der Waals surface area contributed by atoms with E-state index in [-0.39, 0.29) is 11.8 Å². The van der Waals surface area contributed by atoms with Crippen LogP contribution in [0.2, 0.25) is 0 Å². The number of carbonyl (C=O) groups is 1. The van der Waals surface area contributed by atoms with Crippen molar-refractivity contribution in [3.05, 3.63) is 96.4 Å². The number of methoxy groups -OCH3 is 1. The van der Waals surface area contributed by atoms with Gasteiger partial charge in [0.15, 0.2) is 0 Å². The predicted molar refractivity (Wildman–Crippen MR) is 136 cm³/mol. The van der Waals surface area contributed by atoms with Crippen molar-refractivity contribution in [3.8, 4) is 17.0 Å². The lowest BCUT2D eigenvalue weighted by Crippen LogP contribution is -2.39. The van der Waals surface area contributed by atoms with Gasteiger partial charge in [-0.1, -0.05) is 24.3 Å². The third-order valence-electron chi connectivity index (χ3n) is 6.21. The van der Waals surface area contributed by atoms with E-state index >= 15 is 0 Å². The first-order valence-electron chi connectivity index (χ1n) is 11.7. The van der Waals surface area contributed by atoms with E-state index in [4.69, 9.17) is 9.72 Å². The Morgan fingerprint density at radius 3 is 2.69 bits per heavy atom. The van der Waals surface area contributed by atoms with E-state index in [9.17, 15) is 4.79 Å². The quantitative estimate of drug-likeness (QED) is 0.416. The first kappa shape index (κ1) is 22.5. The normalized spacial score (nSPS) is 15.5. The molecule has 176 valence electrons. The van der Waals surface area contributed by atoms with Gasteiger partial charge in [-0.25, -0.2) is 9.97 Å². The summed E-state index contributed by atoms with van der Waals surface area (Å²) in [4.78, 5) is 28.7. The summed E-state index contributed by atoms with van der Waals surface area (Å²) in [6, 6.07) is 23.2. The van der Waals surface area contributed by atoms with Crippen LogP contribution in [-0.4, -0.2) is 46.0 Å². The van der Waals surface area contributed by atoms with Crippen LogP contribution in [-0.2, 0) is 0 Å². The summed E-state index contributed by atoms with van der Waals surface area (Å²) in [6.45, 7) is 1.38. The minimum atomic E-state index is 0.0215. The number of carbonyl (C=O) groups excluding carboxylic acids is 1. The fourth-order valence-corrected chi connectivity index (χ4v) is 4.49. The Morgan fingerprint density at radius 1 is 1.00 bits per heavy atom. The highest BCUT2D eigenvalue weighted by atomic mass is 16.5. The number of pyridine rings is 1. The zero-order chi connectivity index (χ0) is 24.0. The van der Waals surface area contributed by atoms with Gasteiger partial charge < -0.3 is 15.0 Å². The third kappa shape index (κ3) is 5.14. The number of aromatic nitrogens is 3. The van der Waals surface area contributed by atoms with Crippen LogP contribution >= 0.6 is 0 Å². The van der Waals surface area contributed by atoms with E-state index in [1.165, 1.54) is 0 Å². The van der Waals surface area contributed by atoms with Gasteiger partial charge in [0, 0.05) is 53.9 Å². The Hall–Kier alpha value is -4.26. The highest BCUT2D eigenvalue weighted by molar-refractivity contribution is 5.95. The number of rotatable bonds is 6. The summed E-state index contributed by atoms with van der Waals surface area (Å²) in [5.41, 5.74) is 4.27. The van der Waals surface area contributed by atoms with Gasteiger partial charge in [-0.05, 0) is 61.4 Å². The number of nitrogens with one attached hydrogen (secondary N) is 1. The highest BCUT2D eigenvalue weighted by Gasteiger charge is 2.27. The van der Waals surface area contributed by atoms with Gasteiger partial charge in [0.1, 0.15) is 5.75 Å². The number of ether oxygens (including phenoxy) is 1. The molecule has 7 nitrogen and oxygen atoms in total. The molecule has 2 aromatic carbocycles. The van der Waals surface area contributed by atoms with Crippen LogP contribution < -0.4 is 10.1 Å². The average Bonchev–Trinajstić information content (AvgIpc) is 2.93. The molecule has 2 aromatic heterocycles. The maximum Gasteiger partial charge on any atom is 0.253 e. The highest BCUT2D eigenvalue weighted by Crippen LogP contribution is 2.32. The van der Waals surface area contributed by atoms with Gasteiger partial charge in [-0.15, -0.1) is 0 Å². The van der Waals surface area contributed by atoms with Crippen LogP contribution in [0.4, 0.5) is 11.6 Å². The van der Waals surface area contributed by atoms with Gasteiger partial charge in [-0.3, -0.25) is 9.78 Å². The minimum Gasteiger partial charge on any atom is -0.496 e. The van der Waals surface area contributed by atoms with Gasteiger partial charge in [0.25, 0.3) is 5.91 Å². The van der Waals surface area contributed by atoms with Crippen molar-refractivity contribution in [2.45, 2.75) is 18.8 Å². The molecule has 0 unspecified atom stereocenters. The molecule has 1 aliphatic rings. The van der Waals surface area contributed by atoms with E-state index < -0.39 is 0 Å². The van der Waals surface area contributed by atoms with Crippen LogP contribution in [0.1, 0.15) is 34.8 Å². The molecule has 0 bridgehead atoms. The lowest BCUT2D eigenvalue weighted by Gasteiger charge is -2.33. The fraction of sp³-hybridized carbons (Fsp3) is 0.214. The van der Waals surface area contributed by atoms with Crippen LogP contribution in [0.5, 0.6) is 5.75 Å². The number of likely N-dealkylation sites (tertiary alicyclic amines) is 1. The molecule has 4 aromatic rings. The first-order valence-corrected chi connectivity index (χ1v) is 11.7. The lowest BCUT2D eigenvalue weighted by molar-refractivity contribution is 0.0706. The summed E-state index contributed by atoms with van der Waals surface area (Å²) in [7, 11) is 1.67. The molecule has 1 saturated heterocycles. The minimum absolute atomic E-state index is 0.0215. The van der Waals surface area contributed by atoms with Crippen LogP contribution in [0.15, 0.2) is 85.2 Å². The zero-order valence-electron chi connectivity index (χ0n) is 19.6. The number of hydrogen-bond donors (Lipinski definition) is 1. The van der Waals surface area contributed by atoms with Crippen molar-refractivity contribution in [1.82, 2.24) is 19.9 Å². The number of nitrogens with zero attached hydrogens (tertiary/aromatic N) is 4. The molecule has 35 heavy (non-hydrogen) atoms. The van der Waals surface area contributed by atoms with Crippen LogP contribution in [0, 0.1) is 0 Å². The molecule has 0 aliphatic carbocycles. The number of hydrogen-bond acceptors (Lipinski definition) is 6. The van der Waals surface area contributed by atoms with Crippen molar-refractivity contribution >= 4 is 17.5 Å². The SMILES string of the molecule is COc1ccccc1-c1cccc([C@@H]2CCCN(C(=O)c3cccc(Nc4ncccn4)c3)C2)n1. The van der Waals surface area contributed by atoms with Gasteiger partial charge in [0.05, 0.1) is 12.8 Å². The standard InChI is InChI=1S/C28H27N5O2/c1-35-26-14-3-2-11-23(26)25-13-5-12-24(32-25)21-9-6-17-33(19-21)27(34)20-8-4-10-22(18-20)31-28-29-15-7-16-30-28/h2-5,7-8,10-16,18,21H,6,9,17,19H2,1H3,(H,29,30,31)/t21-/m1/s1. The van der Waals surface area contributed by atoms with Crippen molar-refractivity contribution in [2.24, 2.45) is 0 Å². The van der Waals surface area contributed by atoms with Gasteiger partial charge >= 0.3 is 0 Å². The zero-order valence-corrected chi connectivity index (χ0v) is 19.6. The van der Waals surface area contributed by atoms with E-state index in [0.29, 0.717) is 18.1 Å². The average molecular weight is 466 g/mol. The topological polar surface area (TPSA) is 80.2 Å². The summed E-state index contributed by atoms with van der Waals surface area (Å²) >= 11 is 0. The molecule has 1 N–H and O–H groups in total. The molecule has 0 radical (unpaired) electrons. The third-order valence-corrected chi connectivity index (χ3v) is 6.21. The molecule has 7 heteroatoms. The van der Waals surface area contributed by atoms with E-state index in [0.717, 1.165) is 47.8 Å². The smallest absolute Gasteiger partial charge is 0.253 e. The predicted octanol–water partition coefficient (Wildman–Crippen LogP) is 5.31. The molecular formula is C28H27N5O2. The van der Waals surface area contributed by atoms with Crippen LogP contribution in [0.25, 0.3) is 11.3 Å². The number of benzene rings is 2. The molecule has 1 atom stereocenters. The molecule has 0 spiro atoms. The molecule has 0 saturated carbocycles. The second-order valence-electron chi connectivity index (χ2n) is 8.52. The summed E-state index contributed by atoms with van der Waals surface area (Å²) in [6.07, 6.45) is 5.29. The van der Waals surface area contributed by atoms with Gasteiger partial charge in [0.2, 0.25) is 5.95 Å². The second-order valence-corrected chi connectivity index (χ2v) is 8.52. The Balaban J connectivity index is 1.33. The number of piperidine rings is 1. The van der Waals surface area contributed by atoms with Crippen molar-refractivity contribution in [2.75, 3.05) is 25.5 Å². The molecule has 1 aliphatic heterocycles. The Bertz CT molecular complexity index is 1310. The van der Waals surface area contributed by atoms with E-state index in [1.54, 1.807) is 25.6 Å². The number of amides is 1. The Labute approximate surface area is 204 Å². The van der Waals surface area contributed by atoms with Crippen molar-refractivity contribution < 1.29 is 9.53 Å². The summed E-state index contributed by atoms with van der Waals surface area (Å²) in [5, 5.41) is 3.15. The van der Waals surface area contributed by atoms with Gasteiger partial charge in [-0.2, -0.15) is 0 Å². The van der Waals surface area contributed by atoms with Crippen molar-refractivity contribution in [3.63, 3.8) is 0 Å². The second kappa shape index (κ2) is 10.3. The summed E-state index contributed by atoms with van der Waals surface area (Å²) in [5.74, 6) is 1.50. The molecular weight excluding hydrogens is 438 g/mol. The molecule has 3 heterocycles. The summed E-state index contributed by atoms with van der Waals surface area (Å²) < 4.78 is 5.52. The monoisotopic (exact) mass is 465 g/mol. The first-order chi connectivity index (χ1) is 17.2. The lowest BCUT2D eigenvalue weighted by atomic mass is 9.93. The molecule has 5 rings (SSSR count). The maximum atomic E-state index is 13.4. The number of anilines is 2. The molecule has 1 amide bonds. The molecule has 1 fully saturated rings. The number of para-hydroxylation sites is 1. The van der Waals surface area contributed by atoms with Crippen molar-refractivity contribution in [1.29, 1.82) is 0 Å². The van der Waals surface area contributed by atoms with E-state index in [1.807, 2.05) is 65.6 Å².